The van der Waals surface area contributed by atoms with Crippen LogP contribution in [-0.4, -0.2) is 54.0 Å². The number of nitrogens with one attached hydrogen (secondary N) is 1. The molecule has 1 atom stereocenters. The van der Waals surface area contributed by atoms with E-state index < -0.39 is 5.60 Å². The predicted octanol–water partition coefficient (Wildman–Crippen LogP) is 0.120. The van der Waals surface area contributed by atoms with Crippen LogP contribution < -0.4 is 5.32 Å². The Morgan fingerprint density at radius 2 is 2.39 bits per heavy atom. The van der Waals surface area contributed by atoms with Crippen LogP contribution in [0.3, 0.4) is 0 Å². The highest BCUT2D eigenvalue weighted by molar-refractivity contribution is 7.11. The lowest BCUT2D eigenvalue weighted by Crippen LogP contribution is -2.58. The van der Waals surface area contributed by atoms with Gasteiger partial charge in [0.1, 0.15) is 4.88 Å². The van der Waals surface area contributed by atoms with E-state index in [4.69, 9.17) is 4.74 Å². The van der Waals surface area contributed by atoms with Gasteiger partial charge in [-0.2, -0.15) is 0 Å². The van der Waals surface area contributed by atoms with Crippen molar-refractivity contribution in [1.29, 1.82) is 0 Å². The largest absolute Gasteiger partial charge is 0.362 e. The molecule has 18 heavy (non-hydrogen) atoms. The van der Waals surface area contributed by atoms with Crippen LogP contribution >= 0.6 is 11.3 Å². The molecule has 1 saturated heterocycles. The number of hydrogen-bond acceptors (Lipinski definition) is 5. The Labute approximate surface area is 109 Å². The molecular formula is C11H15N3O3S. The first kappa shape index (κ1) is 13.0. The summed E-state index contributed by atoms with van der Waals surface area (Å²) in [5.74, 6) is -0.319. The molecule has 1 aromatic rings. The minimum absolute atomic E-state index is 0.101. The number of thiazole rings is 1. The minimum atomic E-state index is -0.979. The van der Waals surface area contributed by atoms with Crippen LogP contribution in [-0.2, 0) is 9.53 Å². The van der Waals surface area contributed by atoms with Gasteiger partial charge in [-0.15, -0.1) is 11.3 Å². The van der Waals surface area contributed by atoms with E-state index in [-0.39, 0.29) is 18.4 Å². The highest BCUT2D eigenvalue weighted by Gasteiger charge is 2.40. The molecule has 1 N–H and O–H groups in total. The smallest absolute Gasteiger partial charge is 0.265 e. The number of likely N-dealkylation sites (N-methyl/N-ethyl adjacent to an activating group) is 1. The van der Waals surface area contributed by atoms with E-state index in [1.165, 1.54) is 11.3 Å². The number of ether oxygens (including phenoxy) is 1. The molecule has 1 fully saturated rings. The molecule has 0 unspecified atom stereocenters. The first-order valence-corrected chi connectivity index (χ1v) is 6.49. The third kappa shape index (κ3) is 2.37. The van der Waals surface area contributed by atoms with Gasteiger partial charge in [0.25, 0.3) is 11.8 Å². The molecule has 7 heteroatoms. The van der Waals surface area contributed by atoms with Crippen molar-refractivity contribution in [3.63, 3.8) is 0 Å². The third-order valence-corrected chi connectivity index (χ3v) is 3.67. The quantitative estimate of drug-likeness (QED) is 0.828. The van der Waals surface area contributed by atoms with Crippen molar-refractivity contribution >= 4 is 23.2 Å². The maximum Gasteiger partial charge on any atom is 0.265 e. The maximum absolute atomic E-state index is 12.2. The first-order chi connectivity index (χ1) is 8.57. The van der Waals surface area contributed by atoms with Gasteiger partial charge in [0.2, 0.25) is 0 Å². The topological polar surface area (TPSA) is 71.5 Å². The summed E-state index contributed by atoms with van der Waals surface area (Å²) in [5.41, 5.74) is 0.638. The van der Waals surface area contributed by atoms with Crippen molar-refractivity contribution in [3.05, 3.63) is 16.6 Å². The zero-order valence-electron chi connectivity index (χ0n) is 10.3. The fourth-order valence-electron chi connectivity index (χ4n) is 1.92. The molecule has 0 bridgehead atoms. The normalized spacial score (nSPS) is 23.8. The van der Waals surface area contributed by atoms with Crippen molar-refractivity contribution in [3.8, 4) is 0 Å². The van der Waals surface area contributed by atoms with E-state index in [1.807, 2.05) is 0 Å². The molecule has 0 radical (unpaired) electrons. The van der Waals surface area contributed by atoms with Crippen molar-refractivity contribution in [2.75, 3.05) is 26.7 Å². The number of hydrogen-bond donors (Lipinski definition) is 1. The Hall–Kier alpha value is -1.47. The van der Waals surface area contributed by atoms with Gasteiger partial charge in [-0.25, -0.2) is 0 Å². The number of carbonyl (C=O) groups excluding carboxylic acids is 2. The van der Waals surface area contributed by atoms with Gasteiger partial charge in [0.05, 0.1) is 24.9 Å². The fraction of sp³-hybridized carbons (Fsp3) is 0.545. The first-order valence-electron chi connectivity index (χ1n) is 5.61. The Morgan fingerprint density at radius 3 is 3.00 bits per heavy atom. The molecule has 1 aromatic heterocycles. The second-order valence-corrected chi connectivity index (χ2v) is 5.14. The number of nitrogens with zero attached hydrogens (tertiary/aromatic N) is 2. The van der Waals surface area contributed by atoms with Crippen molar-refractivity contribution < 1.29 is 14.3 Å². The second kappa shape index (κ2) is 5.03. The lowest BCUT2D eigenvalue weighted by molar-refractivity contribution is -0.153. The average Bonchev–Trinajstić information content (AvgIpc) is 2.90. The molecule has 2 amide bonds. The molecule has 6 nitrogen and oxygen atoms in total. The highest BCUT2D eigenvalue weighted by atomic mass is 32.1. The van der Waals surface area contributed by atoms with Crippen LogP contribution in [0.1, 0.15) is 16.6 Å². The van der Waals surface area contributed by atoms with Crippen LogP contribution in [0.4, 0.5) is 0 Å². The van der Waals surface area contributed by atoms with Crippen molar-refractivity contribution in [2.45, 2.75) is 12.5 Å². The summed E-state index contributed by atoms with van der Waals surface area (Å²) in [6.45, 7) is 2.79. The summed E-state index contributed by atoms with van der Waals surface area (Å²) in [4.78, 5) is 30.0. The molecule has 0 aliphatic carbocycles. The summed E-state index contributed by atoms with van der Waals surface area (Å²) in [6.07, 6.45) is 1.54. The van der Waals surface area contributed by atoms with Gasteiger partial charge in [0.15, 0.2) is 5.60 Å². The molecule has 1 aliphatic heterocycles. The van der Waals surface area contributed by atoms with Gasteiger partial charge in [0, 0.05) is 13.6 Å². The van der Waals surface area contributed by atoms with Gasteiger partial charge in [-0.05, 0) is 6.92 Å². The minimum Gasteiger partial charge on any atom is -0.362 e. The summed E-state index contributed by atoms with van der Waals surface area (Å²) in [6, 6.07) is 0. The number of amides is 2. The molecule has 0 spiro atoms. The fourth-order valence-corrected chi connectivity index (χ4v) is 2.51. The molecule has 98 valence electrons. The number of rotatable bonds is 2. The van der Waals surface area contributed by atoms with Gasteiger partial charge >= 0.3 is 0 Å². The van der Waals surface area contributed by atoms with Gasteiger partial charge in [-0.3, -0.25) is 14.6 Å². The molecule has 0 saturated carbocycles. The summed E-state index contributed by atoms with van der Waals surface area (Å²) < 4.78 is 5.50. The molecular weight excluding hydrogens is 254 g/mol. The SMILES string of the molecule is CNC(=O)[C@]1(C)CN(C(=O)c2cncs2)CCO1. The van der Waals surface area contributed by atoms with E-state index in [1.54, 1.807) is 30.6 Å². The second-order valence-electron chi connectivity index (χ2n) is 4.25. The molecule has 2 rings (SSSR count). The molecule has 0 aromatic carbocycles. The van der Waals surface area contributed by atoms with E-state index in [0.29, 0.717) is 18.0 Å². The van der Waals surface area contributed by atoms with Crippen molar-refractivity contribution in [1.82, 2.24) is 15.2 Å². The maximum atomic E-state index is 12.2. The summed E-state index contributed by atoms with van der Waals surface area (Å²) >= 11 is 1.30. The summed E-state index contributed by atoms with van der Waals surface area (Å²) in [5, 5.41) is 2.56. The van der Waals surface area contributed by atoms with Gasteiger partial charge < -0.3 is 15.0 Å². The van der Waals surface area contributed by atoms with E-state index >= 15 is 0 Å². The van der Waals surface area contributed by atoms with Crippen LogP contribution in [0.25, 0.3) is 0 Å². The van der Waals surface area contributed by atoms with Crippen LogP contribution in [0, 0.1) is 0 Å². The number of carbonyl (C=O) groups is 2. The Morgan fingerprint density at radius 1 is 1.61 bits per heavy atom. The zero-order chi connectivity index (χ0) is 13.2. The van der Waals surface area contributed by atoms with Crippen molar-refractivity contribution in [2.24, 2.45) is 0 Å². The highest BCUT2D eigenvalue weighted by Crippen LogP contribution is 2.20. The van der Waals surface area contributed by atoms with E-state index in [0.717, 1.165) is 0 Å². The third-order valence-electron chi connectivity index (χ3n) is 2.91. The van der Waals surface area contributed by atoms with E-state index in [2.05, 4.69) is 10.3 Å². The monoisotopic (exact) mass is 269 g/mol. The predicted molar refractivity (Wildman–Crippen MR) is 66.4 cm³/mol. The van der Waals surface area contributed by atoms with Crippen LogP contribution in [0.15, 0.2) is 11.7 Å². The Bertz CT molecular complexity index is 448. The molecule has 1 aliphatic rings. The Balaban J connectivity index is 2.12. The number of aromatic nitrogens is 1. The van der Waals surface area contributed by atoms with Gasteiger partial charge in [-0.1, -0.05) is 0 Å². The lowest BCUT2D eigenvalue weighted by Gasteiger charge is -2.38. The van der Waals surface area contributed by atoms with Crippen LogP contribution in [0.2, 0.25) is 0 Å². The summed E-state index contributed by atoms with van der Waals surface area (Å²) in [7, 11) is 1.56. The lowest BCUT2D eigenvalue weighted by atomic mass is 10.0. The standard InChI is InChI=1S/C11H15N3O3S/c1-11(10(16)12-2)6-14(3-4-17-11)9(15)8-5-13-7-18-8/h5,7H,3-4,6H2,1-2H3,(H,12,16)/t11-/m0/s1. The number of morpholine rings is 1. The Kier molecular flexibility index (Phi) is 3.63. The molecule has 2 heterocycles. The zero-order valence-corrected chi connectivity index (χ0v) is 11.1. The average molecular weight is 269 g/mol. The van der Waals surface area contributed by atoms with E-state index in [9.17, 15) is 9.59 Å². The van der Waals surface area contributed by atoms with Crippen LogP contribution in [0.5, 0.6) is 0 Å².